The number of phenols is 2. The molecule has 3 N–H and O–H groups in total. The fourth-order valence-corrected chi connectivity index (χ4v) is 2.13. The molecule has 3 rings (SSSR count). The molecular weight excluding hydrogens is 313 g/mol. The van der Waals surface area contributed by atoms with E-state index in [2.05, 4.69) is 15.3 Å². The van der Waals surface area contributed by atoms with Crippen molar-refractivity contribution in [1.29, 1.82) is 0 Å². The molecule has 0 fully saturated rings. The minimum atomic E-state index is -0.726. The number of anilines is 1. The van der Waals surface area contributed by atoms with E-state index in [0.29, 0.717) is 11.1 Å². The van der Waals surface area contributed by atoms with Crippen LogP contribution in [0.1, 0.15) is 10.4 Å². The lowest BCUT2D eigenvalue weighted by atomic mass is 10.1. The van der Waals surface area contributed by atoms with Crippen molar-refractivity contribution in [3.05, 3.63) is 66.4 Å². The number of nitrogens with zero attached hydrogens (tertiary/aromatic N) is 2. The number of hydrogen-bond donors (Lipinski definition) is 3. The van der Waals surface area contributed by atoms with Crippen LogP contribution in [0.15, 0.2) is 55.0 Å². The van der Waals surface area contributed by atoms with Gasteiger partial charge in [-0.05, 0) is 24.3 Å². The Labute approximate surface area is 136 Å². The van der Waals surface area contributed by atoms with Crippen molar-refractivity contribution >= 4 is 11.7 Å². The zero-order valence-electron chi connectivity index (χ0n) is 12.3. The third kappa shape index (κ3) is 3.00. The van der Waals surface area contributed by atoms with Gasteiger partial charge in [0.15, 0.2) is 17.3 Å². The number of aromatic nitrogens is 2. The molecule has 0 saturated carbocycles. The summed E-state index contributed by atoms with van der Waals surface area (Å²) in [6.07, 6.45) is 3.70. The molecule has 0 aliphatic carbocycles. The second-order valence-corrected chi connectivity index (χ2v) is 4.92. The van der Waals surface area contributed by atoms with E-state index in [1.165, 1.54) is 30.6 Å². The summed E-state index contributed by atoms with van der Waals surface area (Å²) >= 11 is 0. The SMILES string of the molecule is O=C(Nc1ccc(-c2cccc(O)c2O)cn1)c1ccncc1F. The standard InChI is InChI=1S/C17H12FN3O3/c18-13-9-19-7-6-12(13)17(24)21-15-5-4-10(8-20-15)11-2-1-3-14(22)16(11)23/h1-9,22-23H,(H,20,21,24). The van der Waals surface area contributed by atoms with Gasteiger partial charge in [0.05, 0.1) is 11.8 Å². The molecule has 0 aliphatic heterocycles. The fraction of sp³-hybridized carbons (Fsp3) is 0. The quantitative estimate of drug-likeness (QED) is 0.644. The van der Waals surface area contributed by atoms with E-state index in [0.717, 1.165) is 6.20 Å². The number of pyridine rings is 2. The first-order valence-electron chi connectivity index (χ1n) is 6.94. The number of carbonyl (C=O) groups is 1. The average molecular weight is 325 g/mol. The van der Waals surface area contributed by atoms with Crippen molar-refractivity contribution < 1.29 is 19.4 Å². The summed E-state index contributed by atoms with van der Waals surface area (Å²) in [5, 5.41) is 21.8. The molecule has 0 radical (unpaired) electrons. The molecule has 3 aromatic rings. The highest BCUT2D eigenvalue weighted by atomic mass is 19.1. The summed E-state index contributed by atoms with van der Waals surface area (Å²) in [5.74, 6) is -1.64. The Morgan fingerprint density at radius 3 is 2.62 bits per heavy atom. The summed E-state index contributed by atoms with van der Waals surface area (Å²) in [4.78, 5) is 19.6. The number of aromatic hydroxyl groups is 2. The Kier molecular flexibility index (Phi) is 4.07. The van der Waals surface area contributed by atoms with Crippen LogP contribution >= 0.6 is 0 Å². The predicted octanol–water partition coefficient (Wildman–Crippen LogP) is 2.95. The van der Waals surface area contributed by atoms with Crippen LogP contribution < -0.4 is 5.32 Å². The predicted molar refractivity (Wildman–Crippen MR) is 85.2 cm³/mol. The summed E-state index contributed by atoms with van der Waals surface area (Å²) in [7, 11) is 0. The maximum absolute atomic E-state index is 13.5. The molecule has 24 heavy (non-hydrogen) atoms. The molecule has 1 aromatic carbocycles. The molecule has 6 nitrogen and oxygen atoms in total. The minimum Gasteiger partial charge on any atom is -0.504 e. The number of nitrogens with one attached hydrogen (secondary N) is 1. The Bertz CT molecular complexity index is 898. The van der Waals surface area contributed by atoms with Crippen LogP contribution in [0.5, 0.6) is 11.5 Å². The van der Waals surface area contributed by atoms with E-state index in [9.17, 15) is 19.4 Å². The molecule has 0 atom stereocenters. The van der Waals surface area contributed by atoms with E-state index >= 15 is 0 Å². The number of rotatable bonds is 3. The van der Waals surface area contributed by atoms with E-state index in [4.69, 9.17) is 0 Å². The fourth-order valence-electron chi connectivity index (χ4n) is 2.13. The lowest BCUT2D eigenvalue weighted by Crippen LogP contribution is -2.14. The Balaban J connectivity index is 1.81. The minimum absolute atomic E-state index is 0.137. The Morgan fingerprint density at radius 2 is 1.92 bits per heavy atom. The number of carbonyl (C=O) groups excluding carboxylic acids is 1. The first kappa shape index (κ1) is 15.4. The maximum atomic E-state index is 13.5. The van der Waals surface area contributed by atoms with Gasteiger partial charge in [0, 0.05) is 23.5 Å². The normalized spacial score (nSPS) is 10.4. The monoisotopic (exact) mass is 325 g/mol. The number of halogens is 1. The number of phenolic OH excluding ortho intramolecular Hbond substituents is 2. The molecule has 0 saturated heterocycles. The van der Waals surface area contributed by atoms with Crippen LogP contribution in [0.2, 0.25) is 0 Å². The summed E-state index contributed by atoms with van der Waals surface area (Å²) < 4.78 is 13.5. The number of para-hydroxylation sites is 1. The highest BCUT2D eigenvalue weighted by Crippen LogP contribution is 2.35. The van der Waals surface area contributed by atoms with Crippen molar-refractivity contribution in [2.45, 2.75) is 0 Å². The van der Waals surface area contributed by atoms with E-state index < -0.39 is 11.7 Å². The van der Waals surface area contributed by atoms with Gasteiger partial charge in [0.1, 0.15) is 5.82 Å². The molecule has 0 bridgehead atoms. The third-order valence-electron chi connectivity index (χ3n) is 3.35. The van der Waals surface area contributed by atoms with E-state index in [1.54, 1.807) is 18.2 Å². The van der Waals surface area contributed by atoms with Crippen LogP contribution in [0.4, 0.5) is 10.2 Å². The average Bonchev–Trinajstić information content (AvgIpc) is 2.58. The van der Waals surface area contributed by atoms with Crippen LogP contribution in [-0.2, 0) is 0 Å². The van der Waals surface area contributed by atoms with Gasteiger partial charge in [-0.1, -0.05) is 12.1 Å². The maximum Gasteiger partial charge on any atom is 0.259 e. The molecule has 0 spiro atoms. The van der Waals surface area contributed by atoms with Crippen molar-refractivity contribution in [2.75, 3.05) is 5.32 Å². The number of benzene rings is 1. The molecule has 7 heteroatoms. The lowest BCUT2D eigenvalue weighted by molar-refractivity contribution is 0.102. The van der Waals surface area contributed by atoms with E-state index in [-0.39, 0.29) is 22.9 Å². The molecule has 120 valence electrons. The molecule has 2 heterocycles. The Morgan fingerprint density at radius 1 is 1.08 bits per heavy atom. The largest absolute Gasteiger partial charge is 0.504 e. The van der Waals surface area contributed by atoms with Gasteiger partial charge in [0.25, 0.3) is 5.91 Å². The van der Waals surface area contributed by atoms with Crippen LogP contribution in [0.25, 0.3) is 11.1 Å². The highest BCUT2D eigenvalue weighted by molar-refractivity contribution is 6.03. The summed E-state index contributed by atoms with van der Waals surface area (Å²) in [6.45, 7) is 0. The zero-order chi connectivity index (χ0) is 17.1. The summed E-state index contributed by atoms with van der Waals surface area (Å²) in [6, 6.07) is 8.97. The van der Waals surface area contributed by atoms with Crippen molar-refractivity contribution in [3.63, 3.8) is 0 Å². The first-order chi connectivity index (χ1) is 11.6. The van der Waals surface area contributed by atoms with Gasteiger partial charge in [-0.25, -0.2) is 9.37 Å². The van der Waals surface area contributed by atoms with Crippen molar-refractivity contribution in [2.24, 2.45) is 0 Å². The van der Waals surface area contributed by atoms with E-state index in [1.807, 2.05) is 0 Å². The number of hydrogen-bond acceptors (Lipinski definition) is 5. The van der Waals surface area contributed by atoms with Crippen molar-refractivity contribution in [1.82, 2.24) is 9.97 Å². The second-order valence-electron chi connectivity index (χ2n) is 4.92. The first-order valence-corrected chi connectivity index (χ1v) is 6.94. The summed E-state index contributed by atoms with van der Waals surface area (Å²) in [5.41, 5.74) is 0.818. The number of amides is 1. The van der Waals surface area contributed by atoms with Crippen molar-refractivity contribution in [3.8, 4) is 22.6 Å². The van der Waals surface area contributed by atoms with Gasteiger partial charge < -0.3 is 15.5 Å². The molecular formula is C17H12FN3O3. The van der Waals surface area contributed by atoms with Gasteiger partial charge in [0.2, 0.25) is 0 Å². The van der Waals surface area contributed by atoms with Gasteiger partial charge >= 0.3 is 0 Å². The molecule has 2 aromatic heterocycles. The highest BCUT2D eigenvalue weighted by Gasteiger charge is 2.13. The van der Waals surface area contributed by atoms with Crippen LogP contribution in [-0.4, -0.2) is 26.1 Å². The molecule has 0 unspecified atom stereocenters. The topological polar surface area (TPSA) is 95.3 Å². The van der Waals surface area contributed by atoms with Crippen LogP contribution in [0.3, 0.4) is 0 Å². The third-order valence-corrected chi connectivity index (χ3v) is 3.35. The lowest BCUT2D eigenvalue weighted by Gasteiger charge is -2.08. The van der Waals surface area contributed by atoms with Gasteiger partial charge in [-0.2, -0.15) is 0 Å². The van der Waals surface area contributed by atoms with Crippen LogP contribution in [0, 0.1) is 5.82 Å². The second kappa shape index (κ2) is 6.33. The van der Waals surface area contributed by atoms with Gasteiger partial charge in [-0.15, -0.1) is 0 Å². The zero-order valence-corrected chi connectivity index (χ0v) is 12.3. The molecule has 1 amide bonds. The smallest absolute Gasteiger partial charge is 0.259 e. The Hall–Kier alpha value is -3.48. The van der Waals surface area contributed by atoms with Gasteiger partial charge in [-0.3, -0.25) is 9.78 Å². The molecule has 0 aliphatic rings.